The maximum absolute atomic E-state index is 12.8. The average molecular weight is 338 g/mol. The molecule has 0 saturated heterocycles. The summed E-state index contributed by atoms with van der Waals surface area (Å²) in [4.78, 5) is 17.0. The van der Waals surface area contributed by atoms with Crippen LogP contribution in [0.15, 0.2) is 48.5 Å². The van der Waals surface area contributed by atoms with Crippen molar-refractivity contribution in [2.24, 2.45) is 0 Å². The molecule has 2 aromatic carbocycles. The number of ether oxygens (including phenoxy) is 2. The van der Waals surface area contributed by atoms with E-state index in [9.17, 15) is 4.79 Å². The van der Waals surface area contributed by atoms with Gasteiger partial charge in [-0.15, -0.1) is 0 Å². The summed E-state index contributed by atoms with van der Waals surface area (Å²) in [5.41, 5.74) is 2.14. The summed E-state index contributed by atoms with van der Waals surface area (Å²) in [6, 6.07) is 16.2. The number of hydrogen-bond acceptors (Lipinski definition) is 4. The third kappa shape index (κ3) is 3.14. The van der Waals surface area contributed by atoms with Crippen LogP contribution < -0.4 is 19.3 Å². The van der Waals surface area contributed by atoms with Crippen molar-refractivity contribution in [3.05, 3.63) is 48.5 Å². The summed E-state index contributed by atoms with van der Waals surface area (Å²) in [6.07, 6.45) is 2.50. The molecule has 1 fully saturated rings. The molecule has 0 bridgehead atoms. The summed E-state index contributed by atoms with van der Waals surface area (Å²) in [5, 5.41) is 0. The van der Waals surface area contributed by atoms with Gasteiger partial charge in [0.1, 0.15) is 0 Å². The Balaban J connectivity index is 1.49. The summed E-state index contributed by atoms with van der Waals surface area (Å²) in [7, 11) is 1.59. The maximum Gasteiger partial charge on any atom is 0.265 e. The second-order valence-corrected chi connectivity index (χ2v) is 6.40. The number of nitrogens with zero attached hydrogens (tertiary/aromatic N) is 2. The fraction of sp³-hybridized carbons (Fsp3) is 0.350. The van der Waals surface area contributed by atoms with Crippen LogP contribution in [0, 0.1) is 0 Å². The van der Waals surface area contributed by atoms with Gasteiger partial charge >= 0.3 is 0 Å². The van der Waals surface area contributed by atoms with Crippen LogP contribution in [-0.2, 0) is 4.79 Å². The van der Waals surface area contributed by atoms with E-state index in [0.29, 0.717) is 24.1 Å². The molecule has 2 aromatic rings. The second-order valence-electron chi connectivity index (χ2n) is 6.40. The third-order valence-corrected chi connectivity index (χ3v) is 4.76. The highest BCUT2D eigenvalue weighted by molar-refractivity contribution is 5.98. The molecule has 5 nitrogen and oxygen atoms in total. The molecule has 1 aliphatic carbocycles. The molecule has 1 saturated carbocycles. The van der Waals surface area contributed by atoms with Gasteiger partial charge in [0, 0.05) is 19.1 Å². The molecule has 0 N–H and O–H groups in total. The number of anilines is 2. The zero-order valence-electron chi connectivity index (χ0n) is 14.4. The van der Waals surface area contributed by atoms with Crippen LogP contribution in [0.25, 0.3) is 0 Å². The molecule has 4 rings (SSSR count). The summed E-state index contributed by atoms with van der Waals surface area (Å²) in [5.74, 6) is 1.19. The number of hydrogen-bond donors (Lipinski definition) is 0. The minimum atomic E-state index is -0.0335. The van der Waals surface area contributed by atoms with Crippen LogP contribution in [0.1, 0.15) is 12.8 Å². The largest absolute Gasteiger partial charge is 0.493 e. The first-order chi connectivity index (χ1) is 12.3. The van der Waals surface area contributed by atoms with Crippen LogP contribution in [0.4, 0.5) is 11.4 Å². The SMILES string of the molecule is COc1ccccc1OCC(=O)N1CCN(C2CC2)c2ccccc21. The van der Waals surface area contributed by atoms with Gasteiger partial charge < -0.3 is 19.3 Å². The third-order valence-electron chi connectivity index (χ3n) is 4.76. The van der Waals surface area contributed by atoms with Crippen LogP contribution in [0.2, 0.25) is 0 Å². The highest BCUT2D eigenvalue weighted by Crippen LogP contribution is 2.39. The fourth-order valence-corrected chi connectivity index (χ4v) is 3.36. The molecule has 1 amide bonds. The van der Waals surface area contributed by atoms with Crippen molar-refractivity contribution in [1.82, 2.24) is 0 Å². The first kappa shape index (κ1) is 15.8. The lowest BCUT2D eigenvalue weighted by Crippen LogP contribution is -2.46. The first-order valence-corrected chi connectivity index (χ1v) is 8.70. The van der Waals surface area contributed by atoms with E-state index in [0.717, 1.165) is 17.9 Å². The fourth-order valence-electron chi connectivity index (χ4n) is 3.36. The van der Waals surface area contributed by atoms with E-state index in [1.54, 1.807) is 7.11 Å². The van der Waals surface area contributed by atoms with E-state index in [4.69, 9.17) is 9.47 Å². The molecule has 5 heteroatoms. The summed E-state index contributed by atoms with van der Waals surface area (Å²) >= 11 is 0. The molecule has 2 aliphatic rings. The van der Waals surface area contributed by atoms with E-state index in [1.807, 2.05) is 47.4 Å². The topological polar surface area (TPSA) is 42.0 Å². The van der Waals surface area contributed by atoms with E-state index in [1.165, 1.54) is 12.8 Å². The van der Waals surface area contributed by atoms with Crippen molar-refractivity contribution in [3.63, 3.8) is 0 Å². The molecule has 0 aromatic heterocycles. The van der Waals surface area contributed by atoms with Crippen LogP contribution in [0.5, 0.6) is 11.5 Å². The van der Waals surface area contributed by atoms with Gasteiger partial charge in [-0.1, -0.05) is 24.3 Å². The number of rotatable bonds is 5. The lowest BCUT2D eigenvalue weighted by atomic mass is 10.1. The number of methoxy groups -OCH3 is 1. The molecule has 1 aliphatic heterocycles. The summed E-state index contributed by atoms with van der Waals surface area (Å²) < 4.78 is 11.0. The Hall–Kier alpha value is -2.69. The molecular weight excluding hydrogens is 316 g/mol. The predicted molar refractivity (Wildman–Crippen MR) is 97.7 cm³/mol. The van der Waals surface area contributed by atoms with Crippen molar-refractivity contribution < 1.29 is 14.3 Å². The van der Waals surface area contributed by atoms with Crippen LogP contribution in [-0.4, -0.2) is 38.8 Å². The number of carbonyl (C=O) groups excluding carboxylic acids is 1. The van der Waals surface area contributed by atoms with Gasteiger partial charge in [-0.3, -0.25) is 4.79 Å². The molecule has 25 heavy (non-hydrogen) atoms. The predicted octanol–water partition coefficient (Wildman–Crippen LogP) is 3.09. The Kier molecular flexibility index (Phi) is 4.22. The van der Waals surface area contributed by atoms with Crippen molar-refractivity contribution in [1.29, 1.82) is 0 Å². The van der Waals surface area contributed by atoms with Gasteiger partial charge in [0.2, 0.25) is 0 Å². The zero-order valence-corrected chi connectivity index (χ0v) is 14.4. The van der Waals surface area contributed by atoms with E-state index < -0.39 is 0 Å². The van der Waals surface area contributed by atoms with E-state index in [2.05, 4.69) is 11.0 Å². The van der Waals surface area contributed by atoms with E-state index >= 15 is 0 Å². The van der Waals surface area contributed by atoms with Gasteiger partial charge in [0.05, 0.1) is 18.5 Å². The number of carbonyl (C=O) groups is 1. The minimum Gasteiger partial charge on any atom is -0.493 e. The highest BCUT2D eigenvalue weighted by Gasteiger charge is 2.35. The molecule has 130 valence electrons. The standard InChI is InChI=1S/C20H22N2O3/c1-24-18-8-4-5-9-19(18)25-14-20(23)22-13-12-21(15-10-11-15)16-6-2-3-7-17(16)22/h2-9,15H,10-14H2,1H3. The van der Waals surface area contributed by atoms with E-state index in [-0.39, 0.29) is 12.5 Å². The lowest BCUT2D eigenvalue weighted by molar-refractivity contribution is -0.120. The van der Waals surface area contributed by atoms with Gasteiger partial charge in [0.25, 0.3) is 5.91 Å². The number of para-hydroxylation sites is 4. The van der Waals surface area contributed by atoms with Crippen molar-refractivity contribution in [2.75, 3.05) is 36.6 Å². The Morgan fingerprint density at radius 3 is 2.40 bits per heavy atom. The molecule has 0 radical (unpaired) electrons. The number of benzene rings is 2. The molecular formula is C20H22N2O3. The van der Waals surface area contributed by atoms with Crippen LogP contribution >= 0.6 is 0 Å². The Morgan fingerprint density at radius 1 is 1.00 bits per heavy atom. The maximum atomic E-state index is 12.8. The van der Waals surface area contributed by atoms with Crippen LogP contribution in [0.3, 0.4) is 0 Å². The quantitative estimate of drug-likeness (QED) is 0.840. The van der Waals surface area contributed by atoms with Gasteiger partial charge in [0.15, 0.2) is 18.1 Å². The average Bonchev–Trinajstić information content (AvgIpc) is 3.50. The normalized spacial score (nSPS) is 16.4. The smallest absolute Gasteiger partial charge is 0.265 e. The van der Waals surface area contributed by atoms with Gasteiger partial charge in [-0.2, -0.15) is 0 Å². The second kappa shape index (κ2) is 6.67. The molecule has 1 heterocycles. The minimum absolute atomic E-state index is 0.00185. The Morgan fingerprint density at radius 2 is 1.68 bits per heavy atom. The Bertz CT molecular complexity index is 773. The first-order valence-electron chi connectivity index (χ1n) is 8.70. The highest BCUT2D eigenvalue weighted by atomic mass is 16.5. The number of fused-ring (bicyclic) bond motifs is 1. The summed E-state index contributed by atoms with van der Waals surface area (Å²) in [6.45, 7) is 1.57. The molecule has 0 unspecified atom stereocenters. The monoisotopic (exact) mass is 338 g/mol. The van der Waals surface area contributed by atoms with Gasteiger partial charge in [-0.05, 0) is 37.1 Å². The van der Waals surface area contributed by atoms with Crippen molar-refractivity contribution in [3.8, 4) is 11.5 Å². The number of amides is 1. The van der Waals surface area contributed by atoms with Gasteiger partial charge in [-0.25, -0.2) is 0 Å². The Labute approximate surface area is 147 Å². The van der Waals surface area contributed by atoms with Crippen molar-refractivity contribution >= 4 is 17.3 Å². The molecule has 0 spiro atoms. The lowest BCUT2D eigenvalue weighted by Gasteiger charge is -2.38. The zero-order chi connectivity index (χ0) is 17.2. The molecule has 0 atom stereocenters. The van der Waals surface area contributed by atoms with Crippen molar-refractivity contribution in [2.45, 2.75) is 18.9 Å².